The Kier molecular flexibility index (Phi) is 6.36. The molecule has 2 aromatic rings. The lowest BCUT2D eigenvalue weighted by Crippen LogP contribution is -2.38. The van der Waals surface area contributed by atoms with Gasteiger partial charge in [0.15, 0.2) is 0 Å². The van der Waals surface area contributed by atoms with Gasteiger partial charge in [-0.2, -0.15) is 0 Å². The van der Waals surface area contributed by atoms with Gasteiger partial charge in [-0.1, -0.05) is 55.9 Å². The summed E-state index contributed by atoms with van der Waals surface area (Å²) in [6.45, 7) is 3.66. The highest BCUT2D eigenvalue weighted by Gasteiger charge is 2.39. The van der Waals surface area contributed by atoms with Gasteiger partial charge in [-0.3, -0.25) is 14.5 Å². The standard InChI is InChI=1S/C21H23N3O3S/c1-14(2)12-17-20(26)24(21(27)23-17)13-19(25)22-16-10-6-7-11-18(16)28-15-8-4-3-5-9-15/h3-11,14,17H,12-13H2,1-2H3,(H,22,25)(H,23,27)/t17-/m0/s1. The Bertz CT molecular complexity index is 870. The lowest BCUT2D eigenvalue weighted by Gasteiger charge is -2.15. The molecule has 0 aromatic heterocycles. The van der Waals surface area contributed by atoms with Crippen LogP contribution in [0.4, 0.5) is 10.5 Å². The Morgan fingerprint density at radius 3 is 2.50 bits per heavy atom. The van der Waals surface area contributed by atoms with E-state index in [2.05, 4.69) is 10.6 Å². The first-order valence-corrected chi connectivity index (χ1v) is 9.99. The second-order valence-corrected chi connectivity index (χ2v) is 8.13. The Morgan fingerprint density at radius 2 is 1.79 bits per heavy atom. The van der Waals surface area contributed by atoms with Crippen LogP contribution in [-0.2, 0) is 9.59 Å². The molecule has 4 amide bonds. The minimum Gasteiger partial charge on any atom is -0.326 e. The lowest BCUT2D eigenvalue weighted by atomic mass is 10.0. The number of carbonyl (C=O) groups excluding carboxylic acids is 3. The van der Waals surface area contributed by atoms with Gasteiger partial charge < -0.3 is 10.6 Å². The maximum absolute atomic E-state index is 12.5. The number of urea groups is 1. The quantitative estimate of drug-likeness (QED) is 0.698. The molecule has 3 rings (SSSR count). The first kappa shape index (κ1) is 19.9. The van der Waals surface area contributed by atoms with Crippen LogP contribution >= 0.6 is 11.8 Å². The van der Waals surface area contributed by atoms with Crippen molar-refractivity contribution >= 4 is 35.3 Å². The minimum absolute atomic E-state index is 0.268. The van der Waals surface area contributed by atoms with Crippen molar-refractivity contribution in [3.8, 4) is 0 Å². The minimum atomic E-state index is -0.554. The summed E-state index contributed by atoms with van der Waals surface area (Å²) in [6.07, 6.45) is 0.555. The molecule has 1 atom stereocenters. The molecule has 1 aliphatic heterocycles. The van der Waals surface area contributed by atoms with Crippen molar-refractivity contribution in [2.45, 2.75) is 36.1 Å². The molecule has 2 N–H and O–H groups in total. The smallest absolute Gasteiger partial charge is 0.325 e. The number of anilines is 1. The Morgan fingerprint density at radius 1 is 1.11 bits per heavy atom. The number of hydrogen-bond donors (Lipinski definition) is 2. The van der Waals surface area contributed by atoms with Crippen molar-refractivity contribution in [3.63, 3.8) is 0 Å². The molecule has 1 aliphatic rings. The van der Waals surface area contributed by atoms with Crippen LogP contribution in [0.3, 0.4) is 0 Å². The van der Waals surface area contributed by atoms with Crippen LogP contribution in [0.5, 0.6) is 0 Å². The molecular weight excluding hydrogens is 374 g/mol. The topological polar surface area (TPSA) is 78.5 Å². The third-order valence-electron chi connectivity index (χ3n) is 4.25. The summed E-state index contributed by atoms with van der Waals surface area (Å²) in [4.78, 5) is 39.9. The van der Waals surface area contributed by atoms with Crippen molar-refractivity contribution in [1.82, 2.24) is 10.2 Å². The first-order valence-electron chi connectivity index (χ1n) is 9.17. The number of imide groups is 1. The van der Waals surface area contributed by atoms with E-state index in [-0.39, 0.29) is 18.4 Å². The van der Waals surface area contributed by atoms with Crippen molar-refractivity contribution in [1.29, 1.82) is 0 Å². The first-order chi connectivity index (χ1) is 13.4. The second-order valence-electron chi connectivity index (χ2n) is 7.02. The van der Waals surface area contributed by atoms with Gasteiger partial charge in [0.2, 0.25) is 5.91 Å². The molecule has 1 heterocycles. The van der Waals surface area contributed by atoms with Gasteiger partial charge >= 0.3 is 6.03 Å². The molecule has 0 aliphatic carbocycles. The highest BCUT2D eigenvalue weighted by Crippen LogP contribution is 2.33. The number of benzene rings is 2. The summed E-state index contributed by atoms with van der Waals surface area (Å²) < 4.78 is 0. The maximum atomic E-state index is 12.5. The van der Waals surface area contributed by atoms with Gasteiger partial charge in [0.05, 0.1) is 5.69 Å². The van der Waals surface area contributed by atoms with Gasteiger partial charge in [0.1, 0.15) is 12.6 Å². The molecule has 6 nitrogen and oxygen atoms in total. The molecule has 0 bridgehead atoms. The largest absolute Gasteiger partial charge is 0.326 e. The molecule has 0 radical (unpaired) electrons. The molecule has 28 heavy (non-hydrogen) atoms. The van der Waals surface area contributed by atoms with Gasteiger partial charge in [-0.05, 0) is 36.6 Å². The highest BCUT2D eigenvalue weighted by molar-refractivity contribution is 7.99. The number of para-hydroxylation sites is 1. The fraction of sp³-hybridized carbons (Fsp3) is 0.286. The molecule has 146 valence electrons. The Balaban J connectivity index is 1.66. The number of hydrogen-bond acceptors (Lipinski definition) is 4. The molecule has 0 saturated carbocycles. The van der Waals surface area contributed by atoms with Gasteiger partial charge in [-0.25, -0.2) is 4.79 Å². The lowest BCUT2D eigenvalue weighted by molar-refractivity contribution is -0.131. The van der Waals surface area contributed by atoms with E-state index in [1.54, 1.807) is 6.07 Å². The molecule has 7 heteroatoms. The number of amides is 4. The number of nitrogens with zero attached hydrogens (tertiary/aromatic N) is 1. The van der Waals surface area contributed by atoms with Crippen molar-refractivity contribution in [2.75, 3.05) is 11.9 Å². The fourth-order valence-electron chi connectivity index (χ4n) is 2.97. The summed E-state index contributed by atoms with van der Waals surface area (Å²) in [5, 5.41) is 5.47. The Hall–Kier alpha value is -2.80. The Labute approximate surface area is 168 Å². The normalized spacial score (nSPS) is 16.4. The summed E-state index contributed by atoms with van der Waals surface area (Å²) in [7, 11) is 0. The molecular formula is C21H23N3O3S. The van der Waals surface area contributed by atoms with Crippen LogP contribution in [0.1, 0.15) is 20.3 Å². The molecule has 0 spiro atoms. The van der Waals surface area contributed by atoms with E-state index in [1.807, 2.05) is 62.4 Å². The third kappa shape index (κ3) is 4.92. The van der Waals surface area contributed by atoms with Crippen LogP contribution < -0.4 is 10.6 Å². The second kappa shape index (κ2) is 8.93. The van der Waals surface area contributed by atoms with E-state index in [0.717, 1.165) is 14.7 Å². The van der Waals surface area contributed by atoms with Crippen LogP contribution in [0.25, 0.3) is 0 Å². The van der Waals surface area contributed by atoms with Crippen LogP contribution in [-0.4, -0.2) is 35.3 Å². The molecule has 2 aromatic carbocycles. The van der Waals surface area contributed by atoms with E-state index < -0.39 is 18.0 Å². The average Bonchev–Trinajstić information content (AvgIpc) is 2.91. The third-order valence-corrected chi connectivity index (χ3v) is 5.33. The SMILES string of the molecule is CC(C)C[C@@H]1NC(=O)N(CC(=O)Nc2ccccc2Sc2ccccc2)C1=O. The zero-order chi connectivity index (χ0) is 20.1. The molecule has 1 saturated heterocycles. The van der Waals surface area contributed by atoms with Gasteiger partial charge in [0, 0.05) is 9.79 Å². The van der Waals surface area contributed by atoms with Crippen LogP contribution in [0.2, 0.25) is 0 Å². The monoisotopic (exact) mass is 397 g/mol. The van der Waals surface area contributed by atoms with E-state index in [1.165, 1.54) is 11.8 Å². The van der Waals surface area contributed by atoms with E-state index >= 15 is 0 Å². The highest BCUT2D eigenvalue weighted by atomic mass is 32.2. The van der Waals surface area contributed by atoms with Crippen LogP contribution in [0.15, 0.2) is 64.4 Å². The zero-order valence-electron chi connectivity index (χ0n) is 15.8. The summed E-state index contributed by atoms with van der Waals surface area (Å²) >= 11 is 1.53. The van der Waals surface area contributed by atoms with E-state index in [4.69, 9.17) is 0 Å². The number of rotatable bonds is 7. The van der Waals surface area contributed by atoms with Crippen molar-refractivity contribution in [2.24, 2.45) is 5.92 Å². The summed E-state index contributed by atoms with van der Waals surface area (Å²) in [5.74, 6) is -0.486. The molecule has 0 unspecified atom stereocenters. The predicted octanol–water partition coefficient (Wildman–Crippen LogP) is 3.74. The average molecular weight is 398 g/mol. The van der Waals surface area contributed by atoms with Crippen molar-refractivity contribution < 1.29 is 14.4 Å². The van der Waals surface area contributed by atoms with Gasteiger partial charge in [0.25, 0.3) is 5.91 Å². The molecule has 1 fully saturated rings. The maximum Gasteiger partial charge on any atom is 0.325 e. The zero-order valence-corrected chi connectivity index (χ0v) is 16.7. The van der Waals surface area contributed by atoms with Crippen molar-refractivity contribution in [3.05, 3.63) is 54.6 Å². The van der Waals surface area contributed by atoms with E-state index in [9.17, 15) is 14.4 Å². The van der Waals surface area contributed by atoms with Crippen LogP contribution in [0, 0.1) is 5.92 Å². The summed E-state index contributed by atoms with van der Waals surface area (Å²) in [6, 6.07) is 16.2. The van der Waals surface area contributed by atoms with Gasteiger partial charge in [-0.15, -0.1) is 0 Å². The number of carbonyl (C=O) groups is 3. The number of nitrogens with one attached hydrogen (secondary N) is 2. The summed E-state index contributed by atoms with van der Waals surface area (Å²) in [5.41, 5.74) is 0.645. The predicted molar refractivity (Wildman–Crippen MR) is 109 cm³/mol. The fourth-order valence-corrected chi connectivity index (χ4v) is 3.89. The van der Waals surface area contributed by atoms with E-state index in [0.29, 0.717) is 12.1 Å².